The van der Waals surface area contributed by atoms with Crippen LogP contribution in [0.15, 0.2) is 18.7 Å². The molecule has 0 bridgehead atoms. The van der Waals surface area contributed by atoms with Crippen molar-refractivity contribution in [1.82, 2.24) is 19.6 Å². The second-order valence-corrected chi connectivity index (χ2v) is 4.99. The second-order valence-electron chi connectivity index (χ2n) is 4.99. The van der Waals surface area contributed by atoms with E-state index in [1.807, 2.05) is 4.90 Å². The van der Waals surface area contributed by atoms with Gasteiger partial charge in [-0.3, -0.25) is 4.40 Å². The molecule has 2 atom stereocenters. The molecule has 0 amide bonds. The molecule has 0 saturated carbocycles. The molecule has 0 aromatic carbocycles. The largest absolute Gasteiger partial charge is 0.480 e. The fourth-order valence-electron chi connectivity index (χ4n) is 2.58. The summed E-state index contributed by atoms with van der Waals surface area (Å²) in [4.78, 5) is 17.6. The van der Waals surface area contributed by atoms with Crippen molar-refractivity contribution in [2.45, 2.75) is 25.8 Å². The van der Waals surface area contributed by atoms with E-state index in [-0.39, 0.29) is 0 Å². The SMILES string of the molecule is CC1CCN(c2nccn3cnnc23)C(C(=O)O)C1. The number of anilines is 1. The van der Waals surface area contributed by atoms with Crippen molar-refractivity contribution in [2.24, 2.45) is 5.92 Å². The molecule has 2 unspecified atom stereocenters. The van der Waals surface area contributed by atoms with E-state index < -0.39 is 12.0 Å². The first-order valence-electron chi connectivity index (χ1n) is 6.30. The Morgan fingerprint density at radius 2 is 2.37 bits per heavy atom. The first-order valence-corrected chi connectivity index (χ1v) is 6.30. The summed E-state index contributed by atoms with van der Waals surface area (Å²) in [5.41, 5.74) is 0.600. The average Bonchev–Trinajstić information content (AvgIpc) is 2.86. The van der Waals surface area contributed by atoms with Gasteiger partial charge in [0.2, 0.25) is 5.65 Å². The maximum Gasteiger partial charge on any atom is 0.326 e. The zero-order valence-electron chi connectivity index (χ0n) is 10.6. The van der Waals surface area contributed by atoms with Crippen LogP contribution in [0.2, 0.25) is 0 Å². The van der Waals surface area contributed by atoms with Crippen molar-refractivity contribution in [3.63, 3.8) is 0 Å². The highest BCUT2D eigenvalue weighted by Crippen LogP contribution is 2.28. The van der Waals surface area contributed by atoms with Gasteiger partial charge in [0, 0.05) is 18.9 Å². The third-order valence-corrected chi connectivity index (χ3v) is 3.62. The summed E-state index contributed by atoms with van der Waals surface area (Å²) >= 11 is 0. The molecule has 7 nitrogen and oxygen atoms in total. The number of carbonyl (C=O) groups is 1. The number of piperidine rings is 1. The van der Waals surface area contributed by atoms with E-state index in [2.05, 4.69) is 22.1 Å². The van der Waals surface area contributed by atoms with Crippen LogP contribution >= 0.6 is 0 Å². The van der Waals surface area contributed by atoms with E-state index in [1.54, 1.807) is 23.1 Å². The van der Waals surface area contributed by atoms with Gasteiger partial charge in [-0.05, 0) is 18.8 Å². The quantitative estimate of drug-likeness (QED) is 0.861. The van der Waals surface area contributed by atoms with Crippen molar-refractivity contribution >= 4 is 17.4 Å². The van der Waals surface area contributed by atoms with Gasteiger partial charge in [-0.15, -0.1) is 10.2 Å². The molecule has 100 valence electrons. The lowest BCUT2D eigenvalue weighted by Crippen LogP contribution is -2.47. The molecule has 1 N–H and O–H groups in total. The van der Waals surface area contributed by atoms with Crippen LogP contribution in [-0.4, -0.2) is 43.2 Å². The van der Waals surface area contributed by atoms with Gasteiger partial charge >= 0.3 is 5.97 Å². The zero-order chi connectivity index (χ0) is 13.4. The minimum absolute atomic E-state index is 0.412. The molecule has 1 saturated heterocycles. The lowest BCUT2D eigenvalue weighted by Gasteiger charge is -2.36. The molecule has 2 aromatic rings. The summed E-state index contributed by atoms with van der Waals surface area (Å²) in [7, 11) is 0. The van der Waals surface area contributed by atoms with Crippen molar-refractivity contribution in [2.75, 3.05) is 11.4 Å². The number of nitrogens with zero attached hydrogens (tertiary/aromatic N) is 5. The van der Waals surface area contributed by atoms with Gasteiger partial charge in [0.05, 0.1) is 0 Å². The molecule has 19 heavy (non-hydrogen) atoms. The molecule has 1 aliphatic heterocycles. The van der Waals surface area contributed by atoms with Gasteiger partial charge in [0.15, 0.2) is 5.82 Å². The summed E-state index contributed by atoms with van der Waals surface area (Å²) < 4.78 is 1.75. The van der Waals surface area contributed by atoms with E-state index in [4.69, 9.17) is 0 Å². The van der Waals surface area contributed by atoms with Gasteiger partial charge in [-0.2, -0.15) is 0 Å². The molecular weight excluding hydrogens is 246 g/mol. The predicted molar refractivity (Wildman–Crippen MR) is 67.9 cm³/mol. The van der Waals surface area contributed by atoms with E-state index in [9.17, 15) is 9.90 Å². The fraction of sp³-hybridized carbons (Fsp3) is 0.500. The second kappa shape index (κ2) is 4.49. The topological polar surface area (TPSA) is 83.6 Å². The third kappa shape index (κ3) is 2.00. The maximum absolute atomic E-state index is 11.4. The summed E-state index contributed by atoms with van der Waals surface area (Å²) in [6.45, 7) is 2.76. The molecule has 0 aliphatic carbocycles. The third-order valence-electron chi connectivity index (χ3n) is 3.62. The standard InChI is InChI=1S/C12H15N5O2/c1-8-2-4-17(9(6-8)12(18)19)10-11-15-14-7-16(11)5-3-13-10/h3,5,7-9H,2,4,6H2,1H3,(H,18,19). The Hall–Kier alpha value is -2.18. The Balaban J connectivity index is 2.04. The highest BCUT2D eigenvalue weighted by Gasteiger charge is 2.33. The summed E-state index contributed by atoms with van der Waals surface area (Å²) in [5, 5.41) is 17.3. The molecular formula is C12H15N5O2. The molecule has 7 heteroatoms. The van der Waals surface area contributed by atoms with Crippen LogP contribution in [0.5, 0.6) is 0 Å². The minimum Gasteiger partial charge on any atom is -0.480 e. The van der Waals surface area contributed by atoms with E-state index >= 15 is 0 Å². The highest BCUT2D eigenvalue weighted by atomic mass is 16.4. The summed E-state index contributed by atoms with van der Waals surface area (Å²) in [5.74, 6) is 0.198. The zero-order valence-corrected chi connectivity index (χ0v) is 10.6. The molecule has 2 aromatic heterocycles. The highest BCUT2D eigenvalue weighted by molar-refractivity contribution is 5.80. The Morgan fingerprint density at radius 1 is 1.53 bits per heavy atom. The van der Waals surface area contributed by atoms with Crippen molar-refractivity contribution in [3.05, 3.63) is 18.7 Å². The van der Waals surface area contributed by atoms with Crippen LogP contribution in [0.4, 0.5) is 5.82 Å². The monoisotopic (exact) mass is 261 g/mol. The van der Waals surface area contributed by atoms with Crippen LogP contribution in [0.25, 0.3) is 5.65 Å². The number of hydrogen-bond donors (Lipinski definition) is 1. The molecule has 0 spiro atoms. The number of carboxylic acid groups (broad SMARTS) is 1. The Labute approximate surface area is 109 Å². The van der Waals surface area contributed by atoms with Crippen LogP contribution in [-0.2, 0) is 4.79 Å². The van der Waals surface area contributed by atoms with Crippen LogP contribution in [0.1, 0.15) is 19.8 Å². The van der Waals surface area contributed by atoms with Crippen molar-refractivity contribution in [1.29, 1.82) is 0 Å². The van der Waals surface area contributed by atoms with E-state index in [0.717, 1.165) is 6.42 Å². The normalized spacial score (nSPS) is 23.7. The fourth-order valence-corrected chi connectivity index (χ4v) is 2.58. The molecule has 1 aliphatic rings. The number of fused-ring (bicyclic) bond motifs is 1. The van der Waals surface area contributed by atoms with Crippen LogP contribution < -0.4 is 4.90 Å². The minimum atomic E-state index is -0.810. The van der Waals surface area contributed by atoms with E-state index in [0.29, 0.717) is 30.3 Å². The number of carboxylic acids is 1. The Morgan fingerprint density at radius 3 is 3.16 bits per heavy atom. The van der Waals surface area contributed by atoms with Gasteiger partial charge in [0.25, 0.3) is 0 Å². The summed E-state index contributed by atoms with van der Waals surface area (Å²) in [6.07, 6.45) is 6.57. The maximum atomic E-state index is 11.4. The smallest absolute Gasteiger partial charge is 0.326 e. The number of aliphatic carboxylic acids is 1. The number of aromatic nitrogens is 4. The lowest BCUT2D eigenvalue weighted by atomic mass is 9.92. The van der Waals surface area contributed by atoms with Crippen molar-refractivity contribution < 1.29 is 9.90 Å². The number of rotatable bonds is 2. The Kier molecular flexibility index (Phi) is 2.81. The van der Waals surface area contributed by atoms with Gasteiger partial charge in [-0.25, -0.2) is 9.78 Å². The first-order chi connectivity index (χ1) is 9.16. The number of hydrogen-bond acceptors (Lipinski definition) is 5. The van der Waals surface area contributed by atoms with Gasteiger partial charge < -0.3 is 10.0 Å². The van der Waals surface area contributed by atoms with E-state index in [1.165, 1.54) is 0 Å². The average molecular weight is 261 g/mol. The van der Waals surface area contributed by atoms with Gasteiger partial charge in [-0.1, -0.05) is 6.92 Å². The first kappa shape index (κ1) is 11.9. The molecule has 3 rings (SSSR count). The molecule has 1 fully saturated rings. The predicted octanol–water partition coefficient (Wildman–Crippen LogP) is 0.814. The molecule has 3 heterocycles. The van der Waals surface area contributed by atoms with Crippen molar-refractivity contribution in [3.8, 4) is 0 Å². The molecule has 0 radical (unpaired) electrons. The Bertz CT molecular complexity index is 611. The van der Waals surface area contributed by atoms with Crippen LogP contribution in [0.3, 0.4) is 0 Å². The summed E-state index contributed by atoms with van der Waals surface area (Å²) in [6, 6.07) is -0.542. The lowest BCUT2D eigenvalue weighted by molar-refractivity contribution is -0.139. The van der Waals surface area contributed by atoms with Gasteiger partial charge in [0.1, 0.15) is 12.4 Å². The van der Waals surface area contributed by atoms with Crippen LogP contribution in [0, 0.1) is 5.92 Å².